The summed E-state index contributed by atoms with van der Waals surface area (Å²) in [6.07, 6.45) is -3.88. The van der Waals surface area contributed by atoms with Crippen molar-refractivity contribution in [1.82, 2.24) is 10.6 Å². The van der Waals surface area contributed by atoms with Gasteiger partial charge in [0.05, 0.1) is 6.04 Å². The molecule has 3 atom stereocenters. The molecule has 10 heteroatoms. The molecular weight excluding hydrogens is 420 g/mol. The zero-order valence-corrected chi connectivity index (χ0v) is 15.9. The number of ketones is 1. The van der Waals surface area contributed by atoms with Gasteiger partial charge in [-0.15, -0.1) is 0 Å². The molecular formula is C21H18F4N2O4. The van der Waals surface area contributed by atoms with Crippen LogP contribution >= 0.6 is 0 Å². The van der Waals surface area contributed by atoms with E-state index in [2.05, 4.69) is 11.9 Å². The highest BCUT2D eigenvalue weighted by molar-refractivity contribution is 6.00. The molecule has 0 aliphatic carbocycles. The third-order valence-electron chi connectivity index (χ3n) is 4.82. The first-order chi connectivity index (χ1) is 14.6. The highest BCUT2D eigenvalue weighted by Gasteiger charge is 2.66. The van der Waals surface area contributed by atoms with E-state index in [9.17, 15) is 32.3 Å². The van der Waals surface area contributed by atoms with Crippen molar-refractivity contribution in [3.63, 3.8) is 0 Å². The van der Waals surface area contributed by atoms with Crippen LogP contribution in [0.3, 0.4) is 0 Å². The average molecular weight is 438 g/mol. The summed E-state index contributed by atoms with van der Waals surface area (Å²) in [4.78, 5) is 25.1. The summed E-state index contributed by atoms with van der Waals surface area (Å²) < 4.78 is 60.1. The first-order valence-electron chi connectivity index (χ1n) is 9.08. The molecule has 1 fully saturated rings. The predicted molar refractivity (Wildman–Crippen MR) is 102 cm³/mol. The Kier molecular flexibility index (Phi) is 6.03. The molecule has 1 aliphatic heterocycles. The third-order valence-corrected chi connectivity index (χ3v) is 4.82. The first kappa shape index (κ1) is 22.3. The Labute approximate surface area is 174 Å². The van der Waals surface area contributed by atoms with Gasteiger partial charge in [-0.25, -0.2) is 9.18 Å². The van der Waals surface area contributed by atoms with Crippen molar-refractivity contribution in [2.75, 3.05) is 6.61 Å². The molecule has 164 valence electrons. The van der Waals surface area contributed by atoms with Crippen LogP contribution in [-0.4, -0.2) is 35.4 Å². The van der Waals surface area contributed by atoms with Crippen molar-refractivity contribution in [2.24, 2.45) is 5.92 Å². The van der Waals surface area contributed by atoms with Crippen molar-refractivity contribution < 1.29 is 37.0 Å². The summed E-state index contributed by atoms with van der Waals surface area (Å²) in [6, 6.07) is 6.63. The Morgan fingerprint density at radius 3 is 2.32 bits per heavy atom. The number of hydrogen-bond donors (Lipinski definition) is 3. The molecule has 1 heterocycles. The van der Waals surface area contributed by atoms with Crippen molar-refractivity contribution >= 4 is 11.8 Å². The molecule has 0 bridgehead atoms. The minimum atomic E-state index is -5.38. The Bertz CT molecular complexity index is 976. The number of benzene rings is 2. The second-order valence-corrected chi connectivity index (χ2v) is 6.86. The van der Waals surface area contributed by atoms with E-state index in [0.717, 1.165) is 24.3 Å². The summed E-state index contributed by atoms with van der Waals surface area (Å²) in [5.41, 5.74) is -3.99. The Morgan fingerprint density at radius 1 is 1.16 bits per heavy atom. The van der Waals surface area contributed by atoms with Crippen LogP contribution in [0, 0.1) is 11.7 Å². The second kappa shape index (κ2) is 8.38. The van der Waals surface area contributed by atoms with Gasteiger partial charge in [0.1, 0.15) is 24.1 Å². The van der Waals surface area contributed by atoms with Gasteiger partial charge in [0.2, 0.25) is 5.72 Å². The van der Waals surface area contributed by atoms with Crippen LogP contribution < -0.4 is 15.4 Å². The Hall–Kier alpha value is -3.40. The van der Waals surface area contributed by atoms with Gasteiger partial charge in [-0.2, -0.15) is 13.2 Å². The number of urea groups is 1. The summed E-state index contributed by atoms with van der Waals surface area (Å²) in [5.74, 6) is -3.64. The summed E-state index contributed by atoms with van der Waals surface area (Å²) in [7, 11) is 0. The topological polar surface area (TPSA) is 87.7 Å². The number of ether oxygens (including phenoxy) is 1. The predicted octanol–water partition coefficient (Wildman–Crippen LogP) is 3.49. The molecule has 0 saturated carbocycles. The van der Waals surface area contributed by atoms with E-state index in [1.165, 1.54) is 35.7 Å². The monoisotopic (exact) mass is 438 g/mol. The molecule has 0 radical (unpaired) electrons. The molecule has 0 unspecified atom stereocenters. The van der Waals surface area contributed by atoms with Crippen molar-refractivity contribution in [2.45, 2.75) is 17.9 Å². The van der Waals surface area contributed by atoms with Gasteiger partial charge in [-0.1, -0.05) is 24.8 Å². The number of carbonyl (C=O) groups excluding carboxylic acids is 2. The summed E-state index contributed by atoms with van der Waals surface area (Å²) >= 11 is 0. The van der Waals surface area contributed by atoms with Gasteiger partial charge < -0.3 is 20.5 Å². The Balaban J connectivity index is 2.07. The molecule has 1 saturated heterocycles. The van der Waals surface area contributed by atoms with Crippen LogP contribution in [0.15, 0.2) is 61.2 Å². The van der Waals surface area contributed by atoms with E-state index in [1.54, 1.807) is 0 Å². The number of hydrogen-bond acceptors (Lipinski definition) is 4. The van der Waals surface area contributed by atoms with Crippen LogP contribution in [-0.2, 0) is 0 Å². The smallest absolute Gasteiger partial charge is 0.437 e. The van der Waals surface area contributed by atoms with Crippen LogP contribution in [0.5, 0.6) is 5.75 Å². The second-order valence-electron chi connectivity index (χ2n) is 6.86. The third kappa shape index (κ3) is 4.38. The molecule has 31 heavy (non-hydrogen) atoms. The van der Waals surface area contributed by atoms with Crippen molar-refractivity contribution in [3.05, 3.63) is 78.1 Å². The molecule has 3 rings (SSSR count). The largest absolute Gasteiger partial charge is 0.490 e. The molecule has 2 aromatic carbocycles. The van der Waals surface area contributed by atoms with Crippen LogP contribution in [0.4, 0.5) is 22.4 Å². The van der Waals surface area contributed by atoms with Gasteiger partial charge in [0.15, 0.2) is 5.78 Å². The maximum absolute atomic E-state index is 13.8. The lowest BCUT2D eigenvalue weighted by Crippen LogP contribution is -2.72. The number of rotatable bonds is 6. The SMILES string of the molecule is C=CCOc1ccc([C@@H]2NC(=O)N[C@](O)(C(F)(F)F)[C@@H]2C(=O)c2ccc(F)cc2)cc1. The van der Waals surface area contributed by atoms with E-state index in [0.29, 0.717) is 5.75 Å². The first-order valence-corrected chi connectivity index (χ1v) is 9.08. The van der Waals surface area contributed by atoms with Gasteiger partial charge in [0.25, 0.3) is 0 Å². The van der Waals surface area contributed by atoms with Gasteiger partial charge in [-0.05, 0) is 42.0 Å². The van der Waals surface area contributed by atoms with E-state index < -0.39 is 41.5 Å². The zero-order chi connectivity index (χ0) is 22.8. The quantitative estimate of drug-likeness (QED) is 0.366. The standard InChI is InChI=1S/C21H18F4N2O4/c1-2-11-31-15-9-5-12(6-10-15)17-16(18(28)13-3-7-14(22)8-4-13)20(30,21(23,24)25)27-19(29)26-17/h2-10,16-17,30H,1,11H2,(H2,26,27,29)/t16-,17-,20+/m0/s1. The van der Waals surface area contributed by atoms with Crippen LogP contribution in [0.1, 0.15) is 22.0 Å². The summed E-state index contributed by atoms with van der Waals surface area (Å²) in [6.45, 7) is 3.70. The molecule has 6 nitrogen and oxygen atoms in total. The number of Topliss-reactive ketones (excluding diaryl/α,β-unsaturated/α-hetero) is 1. The summed E-state index contributed by atoms with van der Waals surface area (Å²) in [5, 5.41) is 14.2. The van der Waals surface area contributed by atoms with E-state index in [1.807, 2.05) is 0 Å². The molecule has 2 aromatic rings. The molecule has 0 aromatic heterocycles. The highest BCUT2D eigenvalue weighted by atomic mass is 19.4. The van der Waals surface area contributed by atoms with E-state index in [4.69, 9.17) is 4.74 Å². The van der Waals surface area contributed by atoms with Gasteiger partial charge >= 0.3 is 12.2 Å². The van der Waals surface area contributed by atoms with Gasteiger partial charge in [0, 0.05) is 5.56 Å². The maximum Gasteiger partial charge on any atom is 0.437 e. The molecule has 3 N–H and O–H groups in total. The van der Waals surface area contributed by atoms with Crippen LogP contribution in [0.2, 0.25) is 0 Å². The van der Waals surface area contributed by atoms with E-state index >= 15 is 0 Å². The number of alkyl halides is 3. The molecule has 1 aliphatic rings. The number of halogens is 4. The van der Waals surface area contributed by atoms with Crippen molar-refractivity contribution in [1.29, 1.82) is 0 Å². The minimum absolute atomic E-state index is 0.129. The number of nitrogens with one attached hydrogen (secondary N) is 2. The zero-order valence-electron chi connectivity index (χ0n) is 15.9. The molecule has 2 amide bonds. The van der Waals surface area contributed by atoms with E-state index in [-0.39, 0.29) is 17.7 Å². The van der Waals surface area contributed by atoms with Crippen molar-refractivity contribution in [3.8, 4) is 5.75 Å². The Morgan fingerprint density at radius 2 is 1.77 bits per heavy atom. The lowest BCUT2D eigenvalue weighted by molar-refractivity contribution is -0.287. The average Bonchev–Trinajstić information content (AvgIpc) is 2.71. The fourth-order valence-electron chi connectivity index (χ4n) is 3.34. The maximum atomic E-state index is 13.8. The fourth-order valence-corrected chi connectivity index (χ4v) is 3.34. The fraction of sp³-hybridized carbons (Fsp3) is 0.238. The lowest BCUT2D eigenvalue weighted by Gasteiger charge is -2.45. The van der Waals surface area contributed by atoms with Gasteiger partial charge in [-0.3, -0.25) is 4.79 Å². The number of carbonyl (C=O) groups is 2. The number of amides is 2. The minimum Gasteiger partial charge on any atom is -0.490 e. The lowest BCUT2D eigenvalue weighted by atomic mass is 9.77. The number of aliphatic hydroxyl groups is 1. The van der Waals surface area contributed by atoms with Crippen LogP contribution in [0.25, 0.3) is 0 Å². The molecule has 0 spiro atoms. The normalized spacial score (nSPS) is 23.5. The highest BCUT2D eigenvalue weighted by Crippen LogP contribution is 2.44.